The minimum atomic E-state index is -8.12. The van der Waals surface area contributed by atoms with Crippen LogP contribution in [-0.4, -0.2) is 57.7 Å². The number of carboxylic acid groups (broad SMARTS) is 2. The van der Waals surface area contributed by atoms with Crippen LogP contribution < -0.4 is 0 Å². The first-order valence-corrected chi connectivity index (χ1v) is 4.87. The molecule has 2 N–H and O–H groups in total. The molecule has 24 heavy (non-hydrogen) atoms. The Morgan fingerprint density at radius 2 is 0.750 bits per heavy atom. The number of hydrogen-bond donors (Lipinski definition) is 2. The van der Waals surface area contributed by atoms with E-state index in [-0.39, 0.29) is 0 Å². The molecule has 0 aliphatic carbocycles. The summed E-state index contributed by atoms with van der Waals surface area (Å²) in [4.78, 5) is 20.2. The van der Waals surface area contributed by atoms with Crippen LogP contribution >= 0.6 is 0 Å². The maximum absolute atomic E-state index is 13.2. The summed E-state index contributed by atoms with van der Waals surface area (Å²) < 4.78 is 151. The summed E-state index contributed by atoms with van der Waals surface area (Å²) in [5, 5.41) is 15.8. The van der Waals surface area contributed by atoms with Gasteiger partial charge in [0, 0.05) is 0 Å². The van der Waals surface area contributed by atoms with Gasteiger partial charge >= 0.3 is 47.5 Å². The molecule has 0 bridgehead atoms. The number of carbonyl (C=O) groups is 2. The fraction of sp³-hybridized carbons (Fsp3) is 0.750. The van der Waals surface area contributed by atoms with Gasteiger partial charge in [-0.15, -0.1) is 0 Å². The van der Waals surface area contributed by atoms with Crippen molar-refractivity contribution in [3.05, 3.63) is 0 Å². The summed E-state index contributed by atoms with van der Waals surface area (Å²) in [5.41, 5.74) is -6.65. The molecule has 0 spiro atoms. The smallest absolute Gasteiger partial charge is 0.460 e. The number of halogens is 12. The molecule has 0 fully saturated rings. The average molecular weight is 390 g/mol. The van der Waals surface area contributed by atoms with Gasteiger partial charge in [0.05, 0.1) is 0 Å². The van der Waals surface area contributed by atoms with Crippen LogP contribution in [-0.2, 0) is 9.59 Å². The zero-order valence-corrected chi connectivity index (χ0v) is 10.2. The summed E-state index contributed by atoms with van der Waals surface area (Å²) in [5.74, 6) is -39.9. The van der Waals surface area contributed by atoms with Crippen LogP contribution in [0.3, 0.4) is 0 Å². The molecular weight excluding hydrogens is 388 g/mol. The summed E-state index contributed by atoms with van der Waals surface area (Å²) >= 11 is 0. The van der Waals surface area contributed by atoms with Crippen molar-refractivity contribution < 1.29 is 72.5 Å². The Morgan fingerprint density at radius 3 is 0.958 bits per heavy atom. The second-order valence-corrected chi connectivity index (χ2v) is 4.06. The highest BCUT2D eigenvalue weighted by atomic mass is 19.4. The highest BCUT2D eigenvalue weighted by Gasteiger charge is 2.92. The van der Waals surface area contributed by atoms with Crippen molar-refractivity contribution in [1.82, 2.24) is 0 Å². The normalized spacial score (nSPS) is 15.3. The fourth-order valence-corrected chi connectivity index (χ4v) is 1.15. The highest BCUT2D eigenvalue weighted by molar-refractivity contribution is 6.03. The third-order valence-corrected chi connectivity index (χ3v) is 2.56. The van der Waals surface area contributed by atoms with Crippen molar-refractivity contribution in [3.63, 3.8) is 0 Å². The van der Waals surface area contributed by atoms with Crippen LogP contribution in [0.5, 0.6) is 0 Å². The van der Waals surface area contributed by atoms with Crippen molar-refractivity contribution in [2.75, 3.05) is 0 Å². The van der Waals surface area contributed by atoms with Crippen LogP contribution in [0.15, 0.2) is 0 Å². The fourth-order valence-electron chi connectivity index (χ4n) is 1.15. The number of aliphatic carboxylic acids is 2. The highest BCUT2D eigenvalue weighted by Crippen LogP contribution is 2.59. The Morgan fingerprint density at radius 1 is 0.500 bits per heavy atom. The molecule has 0 unspecified atom stereocenters. The van der Waals surface area contributed by atoms with Gasteiger partial charge in [-0.05, 0) is 0 Å². The lowest BCUT2D eigenvalue weighted by atomic mass is 9.87. The van der Waals surface area contributed by atoms with E-state index in [1.165, 1.54) is 0 Å². The van der Waals surface area contributed by atoms with E-state index in [0.29, 0.717) is 0 Å². The predicted molar refractivity (Wildman–Crippen MR) is 45.0 cm³/mol. The molecule has 0 aromatic heterocycles. The zero-order chi connectivity index (χ0) is 20.2. The van der Waals surface area contributed by atoms with Gasteiger partial charge in [0.25, 0.3) is 0 Å². The van der Waals surface area contributed by atoms with Crippen LogP contribution in [0, 0.1) is 0 Å². The molecule has 0 saturated heterocycles. The Hall–Kier alpha value is -1.90. The van der Waals surface area contributed by atoms with Crippen molar-refractivity contribution in [3.8, 4) is 0 Å². The largest absolute Gasteiger partial charge is 0.478 e. The lowest BCUT2D eigenvalue weighted by molar-refractivity contribution is -0.429. The van der Waals surface area contributed by atoms with Gasteiger partial charge in [-0.3, -0.25) is 0 Å². The molecule has 0 rings (SSSR count). The molecule has 0 aliphatic rings. The Bertz CT molecular complexity index is 522. The van der Waals surface area contributed by atoms with Gasteiger partial charge < -0.3 is 10.2 Å². The van der Waals surface area contributed by atoms with Gasteiger partial charge in [0.2, 0.25) is 0 Å². The van der Waals surface area contributed by atoms with Gasteiger partial charge in [-0.2, -0.15) is 48.3 Å². The predicted octanol–water partition coefficient (Wildman–Crippen LogP) is 2.97. The second-order valence-electron chi connectivity index (χ2n) is 4.06. The Balaban J connectivity index is 6.61. The van der Waals surface area contributed by atoms with Crippen molar-refractivity contribution in [2.45, 2.75) is 35.5 Å². The Labute approximate surface area is 121 Å². The maximum Gasteiger partial charge on any atom is 0.460 e. The SMILES string of the molecule is O=C(O)C(F)(C(=O)O)C(F)(F)C(F)(F)C(F)(F)C(F)(F)C(F)(F)F. The van der Waals surface area contributed by atoms with Crippen LogP contribution in [0.4, 0.5) is 52.7 Å². The van der Waals surface area contributed by atoms with E-state index < -0.39 is 47.5 Å². The number of rotatable bonds is 6. The van der Waals surface area contributed by atoms with Gasteiger partial charge in [0.1, 0.15) is 0 Å². The van der Waals surface area contributed by atoms with E-state index in [2.05, 4.69) is 0 Å². The number of carboxylic acids is 2. The van der Waals surface area contributed by atoms with Gasteiger partial charge in [-0.1, -0.05) is 0 Å². The molecule has 0 amide bonds. The first kappa shape index (κ1) is 22.1. The van der Waals surface area contributed by atoms with Crippen molar-refractivity contribution in [2.24, 2.45) is 0 Å². The minimum absolute atomic E-state index is 4.05. The lowest BCUT2D eigenvalue weighted by Gasteiger charge is -2.39. The number of hydrogen-bond acceptors (Lipinski definition) is 2. The first-order chi connectivity index (χ1) is 10.1. The topological polar surface area (TPSA) is 74.6 Å². The van der Waals surface area contributed by atoms with E-state index >= 15 is 0 Å². The van der Waals surface area contributed by atoms with E-state index in [1.54, 1.807) is 0 Å². The van der Waals surface area contributed by atoms with E-state index in [9.17, 15) is 62.3 Å². The lowest BCUT2D eigenvalue weighted by Crippen LogP contribution is -2.73. The first-order valence-electron chi connectivity index (χ1n) is 4.87. The second kappa shape index (κ2) is 5.30. The van der Waals surface area contributed by atoms with Crippen LogP contribution in [0.25, 0.3) is 0 Å². The molecule has 0 heterocycles. The summed E-state index contributed by atoms with van der Waals surface area (Å²) in [6, 6.07) is 0. The maximum atomic E-state index is 13.2. The minimum Gasteiger partial charge on any atom is -0.478 e. The third-order valence-electron chi connectivity index (χ3n) is 2.56. The van der Waals surface area contributed by atoms with Crippen LogP contribution in [0.1, 0.15) is 0 Å². The summed E-state index contributed by atoms with van der Waals surface area (Å²) in [7, 11) is 0. The van der Waals surface area contributed by atoms with Crippen molar-refractivity contribution in [1.29, 1.82) is 0 Å². The molecule has 0 saturated carbocycles. The molecule has 0 aromatic rings. The molecule has 4 nitrogen and oxygen atoms in total. The molecule has 142 valence electrons. The standard InChI is InChI=1S/C8H2F12O4/c9-3(1(21)22,2(23)24)4(10,11)5(12,13)6(14,15)7(16,17)8(18,19)20/h(H,21,22)(H,23,24). The molecule has 0 radical (unpaired) electrons. The van der Waals surface area contributed by atoms with E-state index in [4.69, 9.17) is 10.2 Å². The monoisotopic (exact) mass is 390 g/mol. The zero-order valence-electron chi connectivity index (χ0n) is 10.2. The molecule has 0 aliphatic heterocycles. The Kier molecular flexibility index (Phi) is 4.88. The third kappa shape index (κ3) is 2.42. The van der Waals surface area contributed by atoms with Crippen molar-refractivity contribution >= 4 is 11.9 Å². The average Bonchev–Trinajstić information content (AvgIpc) is 2.34. The number of alkyl halides is 12. The quantitative estimate of drug-likeness (QED) is 0.541. The van der Waals surface area contributed by atoms with E-state index in [1.807, 2.05) is 0 Å². The molecule has 0 atom stereocenters. The molecule has 16 heteroatoms. The molecule has 0 aromatic carbocycles. The summed E-state index contributed by atoms with van der Waals surface area (Å²) in [6.07, 6.45) is -7.55. The van der Waals surface area contributed by atoms with E-state index in [0.717, 1.165) is 0 Å². The van der Waals surface area contributed by atoms with Gasteiger partial charge in [-0.25, -0.2) is 14.0 Å². The van der Waals surface area contributed by atoms with Crippen LogP contribution in [0.2, 0.25) is 0 Å². The van der Waals surface area contributed by atoms with Gasteiger partial charge in [0.15, 0.2) is 0 Å². The summed E-state index contributed by atoms with van der Waals surface area (Å²) in [6.45, 7) is 0. The molecular formula is C8H2F12O4.